The third kappa shape index (κ3) is 6.09. The second-order valence-electron chi connectivity index (χ2n) is 7.10. The quantitative estimate of drug-likeness (QED) is 0.683. The number of ether oxygens (including phenoxy) is 1. The molecule has 2 aromatic rings. The van der Waals surface area contributed by atoms with E-state index in [0.717, 1.165) is 31.2 Å². The lowest BCUT2D eigenvalue weighted by Crippen LogP contribution is -2.41. The molecular weight excluding hydrogens is 388 g/mol. The Morgan fingerprint density at radius 1 is 1.00 bits per heavy atom. The van der Waals surface area contributed by atoms with E-state index in [1.54, 1.807) is 61.7 Å². The SMILES string of the molecule is COc1ccc(C(=O)NC(=Cc2ccc(Cl)cc2)C(=O)NC2CCCCC2)cc1. The Kier molecular flexibility index (Phi) is 7.30. The predicted molar refractivity (Wildman–Crippen MR) is 115 cm³/mol. The van der Waals surface area contributed by atoms with Crippen LogP contribution in [0.1, 0.15) is 48.0 Å². The molecule has 2 aromatic carbocycles. The molecule has 6 heteroatoms. The summed E-state index contributed by atoms with van der Waals surface area (Å²) in [5.41, 5.74) is 1.43. The Bertz CT molecular complexity index is 870. The largest absolute Gasteiger partial charge is 0.497 e. The molecule has 152 valence electrons. The normalized spacial score (nSPS) is 14.9. The number of nitrogens with one attached hydrogen (secondary N) is 2. The highest BCUT2D eigenvalue weighted by molar-refractivity contribution is 6.30. The maximum Gasteiger partial charge on any atom is 0.268 e. The number of benzene rings is 2. The van der Waals surface area contributed by atoms with Crippen LogP contribution in [0, 0.1) is 0 Å². The lowest BCUT2D eigenvalue weighted by atomic mass is 9.95. The summed E-state index contributed by atoms with van der Waals surface area (Å²) in [7, 11) is 1.57. The standard InChI is InChI=1S/C23H25ClN2O3/c1-29-20-13-9-17(10-14-20)22(27)26-21(15-16-7-11-18(24)12-8-16)23(28)25-19-5-3-2-4-6-19/h7-15,19H,2-6H2,1H3,(H,25,28)(H,26,27). The van der Waals surface area contributed by atoms with Crippen LogP contribution in [-0.4, -0.2) is 25.0 Å². The molecule has 3 rings (SSSR count). The number of halogens is 1. The van der Waals surface area contributed by atoms with Crippen molar-refractivity contribution >= 4 is 29.5 Å². The molecule has 0 radical (unpaired) electrons. The zero-order valence-corrected chi connectivity index (χ0v) is 17.2. The second kappa shape index (κ2) is 10.1. The first-order chi connectivity index (χ1) is 14.0. The minimum absolute atomic E-state index is 0.141. The molecule has 1 aliphatic rings. The molecule has 0 bridgehead atoms. The fourth-order valence-electron chi connectivity index (χ4n) is 3.33. The van der Waals surface area contributed by atoms with Gasteiger partial charge in [-0.2, -0.15) is 0 Å². The highest BCUT2D eigenvalue weighted by atomic mass is 35.5. The third-order valence-electron chi connectivity index (χ3n) is 4.97. The van der Waals surface area contributed by atoms with Crippen LogP contribution >= 0.6 is 11.6 Å². The summed E-state index contributed by atoms with van der Waals surface area (Å²) in [4.78, 5) is 25.6. The summed E-state index contributed by atoms with van der Waals surface area (Å²) in [6, 6.07) is 14.0. The molecular formula is C23H25ClN2O3. The molecule has 1 saturated carbocycles. The average Bonchev–Trinajstić information content (AvgIpc) is 2.75. The van der Waals surface area contributed by atoms with Gasteiger partial charge in [0.1, 0.15) is 11.4 Å². The summed E-state index contributed by atoms with van der Waals surface area (Å²) in [6.07, 6.45) is 7.02. The molecule has 29 heavy (non-hydrogen) atoms. The Morgan fingerprint density at radius 2 is 1.66 bits per heavy atom. The van der Waals surface area contributed by atoms with Crippen molar-refractivity contribution in [2.45, 2.75) is 38.1 Å². The number of hydrogen-bond donors (Lipinski definition) is 2. The number of methoxy groups -OCH3 is 1. The molecule has 0 heterocycles. The van der Waals surface area contributed by atoms with E-state index in [1.807, 2.05) is 0 Å². The number of carbonyl (C=O) groups excluding carboxylic acids is 2. The van der Waals surface area contributed by atoms with Crippen LogP contribution in [0.4, 0.5) is 0 Å². The highest BCUT2D eigenvalue weighted by Crippen LogP contribution is 2.18. The van der Waals surface area contributed by atoms with Gasteiger partial charge in [0.05, 0.1) is 7.11 Å². The first-order valence-corrected chi connectivity index (χ1v) is 10.2. The molecule has 5 nitrogen and oxygen atoms in total. The Balaban J connectivity index is 1.79. The average molecular weight is 413 g/mol. The number of hydrogen-bond acceptors (Lipinski definition) is 3. The Hall–Kier alpha value is -2.79. The monoisotopic (exact) mass is 412 g/mol. The van der Waals surface area contributed by atoms with Crippen molar-refractivity contribution in [2.75, 3.05) is 7.11 Å². The summed E-state index contributed by atoms with van der Waals surface area (Å²) in [5, 5.41) is 6.43. The molecule has 0 aromatic heterocycles. The van der Waals surface area contributed by atoms with Gasteiger partial charge in [0.2, 0.25) is 0 Å². The van der Waals surface area contributed by atoms with E-state index in [0.29, 0.717) is 16.3 Å². The van der Waals surface area contributed by atoms with Gasteiger partial charge in [0, 0.05) is 16.6 Å². The summed E-state index contributed by atoms with van der Waals surface area (Å²) < 4.78 is 5.12. The first kappa shape index (κ1) is 20.9. The van der Waals surface area contributed by atoms with Crippen LogP contribution in [-0.2, 0) is 4.79 Å². The van der Waals surface area contributed by atoms with Crippen molar-refractivity contribution in [1.29, 1.82) is 0 Å². The predicted octanol–water partition coefficient (Wildman–Crippen LogP) is 4.57. The van der Waals surface area contributed by atoms with Gasteiger partial charge in [0.25, 0.3) is 11.8 Å². The maximum atomic E-state index is 12.9. The molecule has 0 spiro atoms. The van der Waals surface area contributed by atoms with Crippen LogP contribution in [0.5, 0.6) is 5.75 Å². The zero-order valence-electron chi connectivity index (χ0n) is 16.4. The van der Waals surface area contributed by atoms with E-state index in [4.69, 9.17) is 16.3 Å². The van der Waals surface area contributed by atoms with Crippen molar-refractivity contribution in [3.05, 3.63) is 70.4 Å². The van der Waals surface area contributed by atoms with E-state index < -0.39 is 0 Å². The molecule has 1 aliphatic carbocycles. The zero-order chi connectivity index (χ0) is 20.6. The van der Waals surface area contributed by atoms with Gasteiger partial charge in [-0.1, -0.05) is 43.0 Å². The van der Waals surface area contributed by atoms with Crippen molar-refractivity contribution in [3.8, 4) is 5.75 Å². The number of amides is 2. The van der Waals surface area contributed by atoms with E-state index in [-0.39, 0.29) is 23.6 Å². The molecule has 0 unspecified atom stereocenters. The van der Waals surface area contributed by atoms with Crippen LogP contribution in [0.3, 0.4) is 0 Å². The number of rotatable bonds is 6. The molecule has 1 fully saturated rings. The van der Waals surface area contributed by atoms with Crippen LogP contribution < -0.4 is 15.4 Å². The van der Waals surface area contributed by atoms with E-state index in [1.165, 1.54) is 6.42 Å². The van der Waals surface area contributed by atoms with Gasteiger partial charge < -0.3 is 15.4 Å². The molecule has 0 atom stereocenters. The minimum atomic E-state index is -0.355. The topological polar surface area (TPSA) is 67.4 Å². The fourth-order valence-corrected chi connectivity index (χ4v) is 3.46. The smallest absolute Gasteiger partial charge is 0.268 e. The van der Waals surface area contributed by atoms with Crippen molar-refractivity contribution < 1.29 is 14.3 Å². The third-order valence-corrected chi connectivity index (χ3v) is 5.22. The molecule has 2 N–H and O–H groups in total. The highest BCUT2D eigenvalue weighted by Gasteiger charge is 2.20. The van der Waals surface area contributed by atoms with E-state index >= 15 is 0 Å². The van der Waals surface area contributed by atoms with Crippen LogP contribution in [0.2, 0.25) is 5.02 Å². The van der Waals surface area contributed by atoms with Gasteiger partial charge in [0.15, 0.2) is 0 Å². The lowest BCUT2D eigenvalue weighted by Gasteiger charge is -2.23. The second-order valence-corrected chi connectivity index (χ2v) is 7.54. The van der Waals surface area contributed by atoms with Crippen molar-refractivity contribution in [1.82, 2.24) is 10.6 Å². The molecule has 2 amide bonds. The van der Waals surface area contributed by atoms with Crippen molar-refractivity contribution in [2.24, 2.45) is 0 Å². The molecule has 0 saturated heterocycles. The summed E-state index contributed by atoms with van der Waals surface area (Å²) in [6.45, 7) is 0. The fraction of sp³-hybridized carbons (Fsp3) is 0.304. The van der Waals surface area contributed by atoms with Gasteiger partial charge >= 0.3 is 0 Å². The Morgan fingerprint density at radius 3 is 2.28 bits per heavy atom. The van der Waals surface area contributed by atoms with E-state index in [9.17, 15) is 9.59 Å². The summed E-state index contributed by atoms with van der Waals surface area (Å²) >= 11 is 5.95. The van der Waals surface area contributed by atoms with Gasteiger partial charge in [-0.15, -0.1) is 0 Å². The lowest BCUT2D eigenvalue weighted by molar-refractivity contribution is -0.118. The van der Waals surface area contributed by atoms with Gasteiger partial charge in [-0.05, 0) is 60.9 Å². The Labute approximate surface area is 176 Å². The molecule has 0 aliphatic heterocycles. The number of carbonyl (C=O) groups is 2. The summed E-state index contributed by atoms with van der Waals surface area (Å²) in [5.74, 6) is 0.0221. The van der Waals surface area contributed by atoms with E-state index in [2.05, 4.69) is 10.6 Å². The minimum Gasteiger partial charge on any atom is -0.497 e. The first-order valence-electron chi connectivity index (χ1n) is 9.78. The van der Waals surface area contributed by atoms with Gasteiger partial charge in [-0.25, -0.2) is 0 Å². The van der Waals surface area contributed by atoms with Gasteiger partial charge in [-0.3, -0.25) is 9.59 Å². The van der Waals surface area contributed by atoms with Crippen LogP contribution in [0.15, 0.2) is 54.2 Å². The maximum absolute atomic E-state index is 12.9. The van der Waals surface area contributed by atoms with Crippen LogP contribution in [0.25, 0.3) is 6.08 Å². The van der Waals surface area contributed by atoms with Crippen molar-refractivity contribution in [3.63, 3.8) is 0 Å².